The number of hydrogen-bond donors (Lipinski definition) is 1. The fraction of sp³-hybridized carbons (Fsp3) is 0.314. The van der Waals surface area contributed by atoms with E-state index in [1.54, 1.807) is 13.0 Å². The minimum atomic E-state index is -1.00. The lowest BCUT2D eigenvalue weighted by Gasteiger charge is -2.35. The fourth-order valence-corrected chi connectivity index (χ4v) is 6.04. The monoisotopic (exact) mass is 608 g/mol. The number of hydrogen-bond acceptors (Lipinski definition) is 5. The van der Waals surface area contributed by atoms with E-state index in [-0.39, 0.29) is 12.1 Å². The SMILES string of the molecule is CC(C)N1CCC(n2cnc3cnc4ccc(C#CCNC(=O)c5cccn(C(C)c6ccc(F)c(F)c6)c5=O)cc4c32)CC1. The summed E-state index contributed by atoms with van der Waals surface area (Å²) in [6, 6.07) is 12.6. The Kier molecular flexibility index (Phi) is 8.46. The molecule has 1 N–H and O–H groups in total. The number of benzene rings is 2. The van der Waals surface area contributed by atoms with Crippen molar-refractivity contribution < 1.29 is 13.6 Å². The second-order valence-electron chi connectivity index (χ2n) is 11.7. The number of aromatic nitrogens is 4. The lowest BCUT2D eigenvalue weighted by Crippen LogP contribution is -2.38. The largest absolute Gasteiger partial charge is 0.341 e. The van der Waals surface area contributed by atoms with E-state index in [0.29, 0.717) is 17.6 Å². The Bertz CT molecular complexity index is 2010. The van der Waals surface area contributed by atoms with Crippen LogP contribution in [0.1, 0.15) is 67.2 Å². The molecule has 6 rings (SSSR count). The Morgan fingerprint density at radius 3 is 2.58 bits per heavy atom. The van der Waals surface area contributed by atoms with Gasteiger partial charge in [-0.15, -0.1) is 0 Å². The van der Waals surface area contributed by atoms with Crippen molar-refractivity contribution in [3.63, 3.8) is 0 Å². The van der Waals surface area contributed by atoms with E-state index in [1.165, 1.54) is 22.9 Å². The molecular weight excluding hydrogens is 574 g/mol. The Hall–Kier alpha value is -4.88. The van der Waals surface area contributed by atoms with Crippen LogP contribution in [0.25, 0.3) is 21.9 Å². The number of rotatable bonds is 6. The van der Waals surface area contributed by atoms with Crippen molar-refractivity contribution in [2.24, 2.45) is 0 Å². The fourth-order valence-electron chi connectivity index (χ4n) is 6.04. The van der Waals surface area contributed by atoms with Crippen molar-refractivity contribution in [2.45, 2.75) is 51.7 Å². The van der Waals surface area contributed by atoms with E-state index in [0.717, 1.165) is 65.6 Å². The number of nitrogens with one attached hydrogen (secondary N) is 1. The second-order valence-corrected chi connectivity index (χ2v) is 11.7. The Morgan fingerprint density at radius 2 is 1.82 bits per heavy atom. The zero-order chi connectivity index (χ0) is 31.7. The van der Waals surface area contributed by atoms with Gasteiger partial charge in [0.1, 0.15) is 11.1 Å². The molecule has 1 fully saturated rings. The third kappa shape index (κ3) is 6.08. The zero-order valence-corrected chi connectivity index (χ0v) is 25.4. The predicted molar refractivity (Wildman–Crippen MR) is 170 cm³/mol. The van der Waals surface area contributed by atoms with Gasteiger partial charge in [0.25, 0.3) is 11.5 Å². The number of fused-ring (bicyclic) bond motifs is 3. The van der Waals surface area contributed by atoms with Crippen molar-refractivity contribution in [2.75, 3.05) is 19.6 Å². The summed E-state index contributed by atoms with van der Waals surface area (Å²) in [7, 11) is 0. The summed E-state index contributed by atoms with van der Waals surface area (Å²) in [5, 5.41) is 3.67. The first-order chi connectivity index (χ1) is 21.7. The molecule has 0 bridgehead atoms. The standard InChI is InChI=1S/C35H34F2N6O2/c1-22(2)41-16-12-26(13-17-41)43-21-40-32-20-39-31-11-8-24(18-28(31)33(32)43)6-4-14-38-34(44)27-7-5-15-42(35(27)45)23(3)25-9-10-29(36)30(37)19-25/h5,7-11,15,18-23,26H,12-14,16-17H2,1-3H3,(H,38,44). The van der Waals surface area contributed by atoms with Crippen LogP contribution >= 0.6 is 0 Å². The molecule has 0 aliphatic carbocycles. The third-order valence-electron chi connectivity index (χ3n) is 8.65. The van der Waals surface area contributed by atoms with Gasteiger partial charge in [-0.05, 0) is 81.6 Å². The van der Waals surface area contributed by atoms with Crippen LogP contribution in [0.15, 0.2) is 72.0 Å². The number of piperidine rings is 1. The third-order valence-corrected chi connectivity index (χ3v) is 8.65. The maximum absolute atomic E-state index is 13.8. The van der Waals surface area contributed by atoms with Crippen molar-refractivity contribution in [3.05, 3.63) is 106 Å². The molecule has 1 aliphatic rings. The first-order valence-electron chi connectivity index (χ1n) is 15.1. The number of likely N-dealkylation sites (tertiary alicyclic amines) is 1. The summed E-state index contributed by atoms with van der Waals surface area (Å²) >= 11 is 0. The van der Waals surface area contributed by atoms with E-state index in [9.17, 15) is 18.4 Å². The molecule has 8 nitrogen and oxygen atoms in total. The molecule has 230 valence electrons. The number of imidazole rings is 1. The normalized spacial score (nSPS) is 14.9. The van der Waals surface area contributed by atoms with Crippen LogP contribution in [0, 0.1) is 23.5 Å². The Labute approximate surface area is 259 Å². The number of halogens is 2. The number of amides is 1. The summed E-state index contributed by atoms with van der Waals surface area (Å²) in [6.45, 7) is 8.28. The van der Waals surface area contributed by atoms with Gasteiger partial charge in [0.05, 0.1) is 36.1 Å². The van der Waals surface area contributed by atoms with Crippen LogP contribution < -0.4 is 10.9 Å². The number of nitrogens with zero attached hydrogens (tertiary/aromatic N) is 5. The van der Waals surface area contributed by atoms with Crippen LogP contribution in [-0.2, 0) is 0 Å². The molecule has 1 atom stereocenters. The van der Waals surface area contributed by atoms with Gasteiger partial charge in [0.2, 0.25) is 0 Å². The molecule has 45 heavy (non-hydrogen) atoms. The molecule has 0 spiro atoms. The van der Waals surface area contributed by atoms with Gasteiger partial charge in [-0.1, -0.05) is 17.9 Å². The first kappa shape index (κ1) is 30.2. The highest BCUT2D eigenvalue weighted by molar-refractivity contribution is 6.02. The number of pyridine rings is 2. The molecule has 3 aromatic heterocycles. The van der Waals surface area contributed by atoms with Gasteiger partial charge in [0, 0.05) is 42.3 Å². The van der Waals surface area contributed by atoms with E-state index >= 15 is 0 Å². The van der Waals surface area contributed by atoms with Crippen molar-refractivity contribution in [1.82, 2.24) is 29.3 Å². The predicted octanol–water partition coefficient (Wildman–Crippen LogP) is 5.46. The maximum atomic E-state index is 13.8. The van der Waals surface area contributed by atoms with Crippen LogP contribution in [0.3, 0.4) is 0 Å². The first-order valence-corrected chi connectivity index (χ1v) is 15.1. The van der Waals surface area contributed by atoms with E-state index < -0.39 is 29.1 Å². The molecule has 0 radical (unpaired) electrons. The van der Waals surface area contributed by atoms with E-state index in [4.69, 9.17) is 0 Å². The summed E-state index contributed by atoms with van der Waals surface area (Å²) in [4.78, 5) is 37.8. The van der Waals surface area contributed by atoms with Crippen LogP contribution in [0.5, 0.6) is 0 Å². The van der Waals surface area contributed by atoms with Gasteiger partial charge in [-0.2, -0.15) is 0 Å². The molecule has 2 aromatic carbocycles. The number of carbonyl (C=O) groups is 1. The average Bonchev–Trinajstić information content (AvgIpc) is 3.49. The topological polar surface area (TPSA) is 85.1 Å². The Balaban J connectivity index is 1.18. The molecular formula is C35H34F2N6O2. The molecule has 10 heteroatoms. The van der Waals surface area contributed by atoms with E-state index in [1.807, 2.05) is 30.7 Å². The summed E-state index contributed by atoms with van der Waals surface area (Å²) < 4.78 is 30.8. The Morgan fingerprint density at radius 1 is 1.02 bits per heavy atom. The lowest BCUT2D eigenvalue weighted by molar-refractivity contribution is 0.0956. The highest BCUT2D eigenvalue weighted by Crippen LogP contribution is 2.31. The van der Waals surface area contributed by atoms with Crippen LogP contribution in [0.2, 0.25) is 0 Å². The van der Waals surface area contributed by atoms with Crippen molar-refractivity contribution in [3.8, 4) is 11.8 Å². The van der Waals surface area contributed by atoms with Gasteiger partial charge in [-0.25, -0.2) is 13.8 Å². The molecule has 5 aromatic rings. The van der Waals surface area contributed by atoms with Gasteiger partial charge in [0.15, 0.2) is 11.6 Å². The minimum Gasteiger partial charge on any atom is -0.341 e. The molecule has 1 unspecified atom stereocenters. The van der Waals surface area contributed by atoms with E-state index in [2.05, 4.69) is 50.4 Å². The molecule has 1 saturated heterocycles. The molecule has 0 saturated carbocycles. The minimum absolute atomic E-state index is 0.0265. The maximum Gasteiger partial charge on any atom is 0.263 e. The number of carbonyl (C=O) groups excluding carboxylic acids is 1. The zero-order valence-electron chi connectivity index (χ0n) is 25.4. The summed E-state index contributed by atoms with van der Waals surface area (Å²) in [5.41, 5.74) is 3.33. The molecule has 1 aliphatic heterocycles. The van der Waals surface area contributed by atoms with Crippen LogP contribution in [0.4, 0.5) is 8.78 Å². The molecule has 4 heterocycles. The summed E-state index contributed by atoms with van der Waals surface area (Å²) in [5.74, 6) is 3.56. The quantitative estimate of drug-likeness (QED) is 0.259. The van der Waals surface area contributed by atoms with Crippen LogP contribution in [-0.4, -0.2) is 55.6 Å². The van der Waals surface area contributed by atoms with Gasteiger partial charge >= 0.3 is 0 Å². The smallest absolute Gasteiger partial charge is 0.263 e. The van der Waals surface area contributed by atoms with Gasteiger partial charge < -0.3 is 19.4 Å². The van der Waals surface area contributed by atoms with Crippen molar-refractivity contribution >= 4 is 27.8 Å². The second kappa shape index (κ2) is 12.6. The van der Waals surface area contributed by atoms with Gasteiger partial charge in [-0.3, -0.25) is 14.6 Å². The lowest BCUT2D eigenvalue weighted by atomic mass is 10.0. The van der Waals surface area contributed by atoms with Crippen molar-refractivity contribution in [1.29, 1.82) is 0 Å². The highest BCUT2D eigenvalue weighted by Gasteiger charge is 2.24. The molecule has 1 amide bonds. The summed E-state index contributed by atoms with van der Waals surface area (Å²) in [6.07, 6.45) is 7.36. The average molecular weight is 609 g/mol. The highest BCUT2D eigenvalue weighted by atomic mass is 19.2.